The van der Waals surface area contributed by atoms with Crippen LogP contribution >= 0.6 is 0 Å². The fraction of sp³-hybridized carbons (Fsp3) is 0.267. The second kappa shape index (κ2) is 5.78. The molecule has 6 heteroatoms. The molecule has 0 aliphatic rings. The first-order valence-electron chi connectivity index (χ1n) is 6.89. The molecule has 3 rings (SSSR count). The first kappa shape index (κ1) is 13.4. The van der Waals surface area contributed by atoms with E-state index in [1.807, 2.05) is 35.8 Å². The zero-order chi connectivity index (χ0) is 14.7. The van der Waals surface area contributed by atoms with Crippen molar-refractivity contribution in [3.8, 4) is 0 Å². The van der Waals surface area contributed by atoms with Crippen LogP contribution in [-0.4, -0.2) is 25.7 Å². The Morgan fingerprint density at radius 2 is 2.24 bits per heavy atom. The molecule has 0 aliphatic heterocycles. The Morgan fingerprint density at radius 3 is 3.05 bits per heavy atom. The summed E-state index contributed by atoms with van der Waals surface area (Å²) < 4.78 is 2.00. The second-order valence-corrected chi connectivity index (χ2v) is 4.97. The maximum atomic E-state index is 11.9. The summed E-state index contributed by atoms with van der Waals surface area (Å²) in [4.78, 5) is 16.2. The van der Waals surface area contributed by atoms with E-state index in [4.69, 9.17) is 0 Å². The van der Waals surface area contributed by atoms with Crippen molar-refractivity contribution in [2.24, 2.45) is 0 Å². The van der Waals surface area contributed by atoms with Crippen LogP contribution in [0.15, 0.2) is 36.8 Å². The number of rotatable bonds is 5. The van der Waals surface area contributed by atoms with Gasteiger partial charge in [0.1, 0.15) is 0 Å². The highest BCUT2D eigenvalue weighted by atomic mass is 16.1. The Bertz CT molecular complexity index is 758. The number of aromatic nitrogens is 4. The lowest BCUT2D eigenvalue weighted by molar-refractivity contribution is -0.121. The van der Waals surface area contributed by atoms with E-state index in [2.05, 4.69) is 20.5 Å². The lowest BCUT2D eigenvalue weighted by Crippen LogP contribution is -2.24. The molecule has 0 unspecified atom stereocenters. The van der Waals surface area contributed by atoms with Crippen LogP contribution < -0.4 is 5.32 Å². The van der Waals surface area contributed by atoms with Gasteiger partial charge in [0.05, 0.1) is 23.6 Å². The quantitative estimate of drug-likeness (QED) is 0.749. The average molecular weight is 283 g/mol. The van der Waals surface area contributed by atoms with Gasteiger partial charge in [-0.3, -0.25) is 9.89 Å². The third-order valence-corrected chi connectivity index (χ3v) is 3.52. The summed E-state index contributed by atoms with van der Waals surface area (Å²) in [6.07, 6.45) is 3.94. The van der Waals surface area contributed by atoms with Crippen molar-refractivity contribution < 1.29 is 4.79 Å². The minimum absolute atomic E-state index is 0.0216. The fourth-order valence-electron chi connectivity index (χ4n) is 2.25. The normalized spacial score (nSPS) is 10.9. The van der Waals surface area contributed by atoms with Crippen LogP contribution in [0.2, 0.25) is 0 Å². The van der Waals surface area contributed by atoms with Crippen LogP contribution in [0.1, 0.15) is 17.7 Å². The van der Waals surface area contributed by atoms with Crippen molar-refractivity contribution in [2.45, 2.75) is 26.4 Å². The van der Waals surface area contributed by atoms with Gasteiger partial charge in [-0.1, -0.05) is 12.1 Å². The molecule has 6 nitrogen and oxygen atoms in total. The third-order valence-electron chi connectivity index (χ3n) is 3.52. The molecule has 1 amide bonds. The number of H-pyrrole nitrogens is 1. The summed E-state index contributed by atoms with van der Waals surface area (Å²) >= 11 is 0. The standard InChI is InChI=1S/C15H17N5O/c1-11-12(9-18-19-11)8-16-15(21)6-7-20-10-17-13-4-2-3-5-14(13)20/h2-5,9-10H,6-8H2,1H3,(H,16,21)(H,18,19). The van der Waals surface area contributed by atoms with E-state index in [1.165, 1.54) is 0 Å². The number of aryl methyl sites for hydroxylation is 2. The highest BCUT2D eigenvalue weighted by Crippen LogP contribution is 2.12. The topological polar surface area (TPSA) is 75.6 Å². The highest BCUT2D eigenvalue weighted by Gasteiger charge is 2.06. The molecule has 2 heterocycles. The summed E-state index contributed by atoms with van der Waals surface area (Å²) in [7, 11) is 0. The van der Waals surface area contributed by atoms with Crippen molar-refractivity contribution >= 4 is 16.9 Å². The number of fused-ring (bicyclic) bond motifs is 1. The van der Waals surface area contributed by atoms with Crippen LogP contribution in [0.5, 0.6) is 0 Å². The van der Waals surface area contributed by atoms with E-state index in [0.29, 0.717) is 19.5 Å². The van der Waals surface area contributed by atoms with E-state index in [1.54, 1.807) is 12.5 Å². The molecule has 0 fully saturated rings. The Labute approximate surface area is 122 Å². The molecule has 108 valence electrons. The number of hydrogen-bond donors (Lipinski definition) is 2. The number of para-hydroxylation sites is 2. The van der Waals surface area contributed by atoms with Gasteiger partial charge in [-0.05, 0) is 19.1 Å². The Hall–Kier alpha value is -2.63. The smallest absolute Gasteiger partial charge is 0.222 e. The molecule has 0 aliphatic carbocycles. The minimum atomic E-state index is 0.0216. The molecule has 1 aromatic carbocycles. The predicted molar refractivity (Wildman–Crippen MR) is 79.5 cm³/mol. The minimum Gasteiger partial charge on any atom is -0.352 e. The van der Waals surface area contributed by atoms with Gasteiger partial charge in [-0.15, -0.1) is 0 Å². The maximum absolute atomic E-state index is 11.9. The van der Waals surface area contributed by atoms with Crippen molar-refractivity contribution in [1.82, 2.24) is 25.1 Å². The second-order valence-electron chi connectivity index (χ2n) is 4.97. The van der Waals surface area contributed by atoms with Gasteiger partial charge in [0, 0.05) is 30.8 Å². The largest absolute Gasteiger partial charge is 0.352 e. The SMILES string of the molecule is Cc1[nH]ncc1CNC(=O)CCn1cnc2ccccc21. The molecule has 0 saturated heterocycles. The van der Waals surface area contributed by atoms with Crippen LogP contribution in [0.4, 0.5) is 0 Å². The molecular weight excluding hydrogens is 266 g/mol. The molecule has 2 N–H and O–H groups in total. The summed E-state index contributed by atoms with van der Waals surface area (Å²) in [6.45, 7) is 3.06. The average Bonchev–Trinajstić information content (AvgIpc) is 3.09. The molecule has 0 atom stereocenters. The number of benzene rings is 1. The van der Waals surface area contributed by atoms with Crippen LogP contribution in [-0.2, 0) is 17.9 Å². The molecule has 21 heavy (non-hydrogen) atoms. The predicted octanol–water partition coefficient (Wildman–Crippen LogP) is 1.77. The lowest BCUT2D eigenvalue weighted by Gasteiger charge is -2.06. The maximum Gasteiger partial charge on any atom is 0.222 e. The fourth-order valence-corrected chi connectivity index (χ4v) is 2.25. The number of carbonyl (C=O) groups excluding carboxylic acids is 1. The van der Waals surface area contributed by atoms with Crippen molar-refractivity contribution in [3.05, 3.63) is 48.0 Å². The van der Waals surface area contributed by atoms with Gasteiger partial charge in [0.2, 0.25) is 5.91 Å². The number of aromatic amines is 1. The highest BCUT2D eigenvalue weighted by molar-refractivity contribution is 5.77. The molecule has 0 bridgehead atoms. The number of imidazole rings is 1. The molecule has 0 saturated carbocycles. The zero-order valence-corrected chi connectivity index (χ0v) is 11.8. The monoisotopic (exact) mass is 283 g/mol. The van der Waals surface area contributed by atoms with Gasteiger partial charge in [0.15, 0.2) is 0 Å². The number of nitrogens with one attached hydrogen (secondary N) is 2. The van der Waals surface area contributed by atoms with Gasteiger partial charge in [-0.2, -0.15) is 5.10 Å². The zero-order valence-electron chi connectivity index (χ0n) is 11.8. The number of carbonyl (C=O) groups is 1. The summed E-state index contributed by atoms with van der Waals surface area (Å²) in [5, 5.41) is 9.69. The molecule has 0 spiro atoms. The van der Waals surface area contributed by atoms with E-state index in [9.17, 15) is 4.79 Å². The van der Waals surface area contributed by atoms with Crippen molar-refractivity contribution in [3.63, 3.8) is 0 Å². The van der Waals surface area contributed by atoms with Crippen molar-refractivity contribution in [2.75, 3.05) is 0 Å². The van der Waals surface area contributed by atoms with Crippen LogP contribution in [0.3, 0.4) is 0 Å². The van der Waals surface area contributed by atoms with E-state index in [-0.39, 0.29) is 5.91 Å². The number of hydrogen-bond acceptors (Lipinski definition) is 3. The lowest BCUT2D eigenvalue weighted by atomic mass is 10.2. The van der Waals surface area contributed by atoms with Gasteiger partial charge in [0.25, 0.3) is 0 Å². The Balaban J connectivity index is 1.55. The third kappa shape index (κ3) is 2.94. The Kier molecular flexibility index (Phi) is 3.68. The van der Waals surface area contributed by atoms with Crippen LogP contribution in [0, 0.1) is 6.92 Å². The van der Waals surface area contributed by atoms with Gasteiger partial charge < -0.3 is 9.88 Å². The first-order chi connectivity index (χ1) is 10.2. The Morgan fingerprint density at radius 1 is 1.38 bits per heavy atom. The molecule has 0 radical (unpaired) electrons. The van der Waals surface area contributed by atoms with Gasteiger partial charge in [-0.25, -0.2) is 4.98 Å². The number of amides is 1. The van der Waals surface area contributed by atoms with Gasteiger partial charge >= 0.3 is 0 Å². The van der Waals surface area contributed by atoms with E-state index < -0.39 is 0 Å². The van der Waals surface area contributed by atoms with Crippen LogP contribution in [0.25, 0.3) is 11.0 Å². The molecule has 3 aromatic rings. The summed E-state index contributed by atoms with van der Waals surface area (Å²) in [5.41, 5.74) is 4.00. The van der Waals surface area contributed by atoms with E-state index >= 15 is 0 Å². The summed E-state index contributed by atoms with van der Waals surface area (Å²) in [5.74, 6) is 0.0216. The first-order valence-corrected chi connectivity index (χ1v) is 6.89. The summed E-state index contributed by atoms with van der Waals surface area (Å²) in [6, 6.07) is 7.91. The molecular formula is C15H17N5O. The molecule has 2 aromatic heterocycles. The van der Waals surface area contributed by atoms with Crippen molar-refractivity contribution in [1.29, 1.82) is 0 Å². The number of nitrogens with zero attached hydrogens (tertiary/aromatic N) is 3. The van der Waals surface area contributed by atoms with E-state index in [0.717, 1.165) is 22.3 Å².